The van der Waals surface area contributed by atoms with Gasteiger partial charge in [-0.15, -0.1) is 0 Å². The second-order valence-corrected chi connectivity index (χ2v) is 7.66. The molecule has 0 radical (unpaired) electrons. The van der Waals surface area contributed by atoms with E-state index in [4.69, 9.17) is 9.47 Å². The Kier molecular flexibility index (Phi) is 5.22. The summed E-state index contributed by atoms with van der Waals surface area (Å²) < 4.78 is 10.5. The van der Waals surface area contributed by atoms with Crippen molar-refractivity contribution in [1.82, 2.24) is 4.90 Å². The first-order chi connectivity index (χ1) is 12.8. The van der Waals surface area contributed by atoms with E-state index in [0.717, 1.165) is 22.3 Å². The lowest BCUT2D eigenvalue weighted by molar-refractivity contribution is -0.147. The maximum atomic E-state index is 12.8. The molecular weight excluding hydrogens is 342 g/mol. The normalized spacial score (nSPS) is 16.4. The molecule has 1 aliphatic heterocycles. The Morgan fingerprint density at radius 3 is 2.37 bits per heavy atom. The Morgan fingerprint density at radius 1 is 1.04 bits per heavy atom. The molecule has 0 aromatic heterocycles. The van der Waals surface area contributed by atoms with Crippen LogP contribution in [0.5, 0.6) is 0 Å². The molecule has 142 valence electrons. The average Bonchev–Trinajstić information content (AvgIpc) is 2.65. The number of fused-ring (bicyclic) bond motifs is 1. The molecule has 1 atom stereocenters. The fourth-order valence-corrected chi connectivity index (χ4v) is 3.36. The minimum atomic E-state index is -0.691. The minimum absolute atomic E-state index is 0.301. The van der Waals surface area contributed by atoms with E-state index in [-0.39, 0.29) is 0 Å². The van der Waals surface area contributed by atoms with E-state index in [2.05, 4.69) is 0 Å². The monoisotopic (exact) mass is 367 g/mol. The number of carbonyl (C=O) groups is 2. The highest BCUT2D eigenvalue weighted by Gasteiger charge is 2.38. The van der Waals surface area contributed by atoms with E-state index in [1.165, 1.54) is 12.0 Å². The molecule has 5 nitrogen and oxygen atoms in total. The average molecular weight is 367 g/mol. The van der Waals surface area contributed by atoms with Crippen molar-refractivity contribution >= 4 is 12.1 Å². The molecule has 1 amide bonds. The number of ether oxygens (including phenoxy) is 2. The van der Waals surface area contributed by atoms with Crippen LogP contribution in [0.2, 0.25) is 0 Å². The number of amides is 1. The summed E-state index contributed by atoms with van der Waals surface area (Å²) in [5.74, 6) is -0.434. The largest absolute Gasteiger partial charge is 0.467 e. The molecule has 0 saturated carbocycles. The molecule has 27 heavy (non-hydrogen) atoms. The first-order valence-corrected chi connectivity index (χ1v) is 9.04. The van der Waals surface area contributed by atoms with Crippen LogP contribution in [0, 0.1) is 0 Å². The number of benzene rings is 2. The standard InChI is InChI=1S/C22H25NO4/c1-22(2,3)27-21(25)23-14-18-16(13-19(23)20(24)26-4)11-8-12-17(18)15-9-6-5-7-10-15/h5-12,19H,13-14H2,1-4H3. The van der Waals surface area contributed by atoms with Crippen LogP contribution in [-0.4, -0.2) is 35.7 Å². The van der Waals surface area contributed by atoms with Gasteiger partial charge < -0.3 is 9.47 Å². The quantitative estimate of drug-likeness (QED) is 0.747. The summed E-state index contributed by atoms with van der Waals surface area (Å²) in [6.07, 6.45) is -0.103. The molecule has 0 saturated heterocycles. The van der Waals surface area contributed by atoms with E-state index < -0.39 is 23.7 Å². The molecular formula is C22H25NO4. The first-order valence-electron chi connectivity index (χ1n) is 9.04. The topological polar surface area (TPSA) is 55.8 Å². The zero-order chi connectivity index (χ0) is 19.6. The van der Waals surface area contributed by atoms with Gasteiger partial charge in [0.2, 0.25) is 0 Å². The molecule has 2 aromatic carbocycles. The molecule has 0 aliphatic carbocycles. The van der Waals surface area contributed by atoms with Gasteiger partial charge >= 0.3 is 12.1 Å². The molecule has 0 spiro atoms. The lowest BCUT2D eigenvalue weighted by atomic mass is 9.88. The summed E-state index contributed by atoms with van der Waals surface area (Å²) in [5.41, 5.74) is 3.58. The highest BCUT2D eigenvalue weighted by Crippen LogP contribution is 2.33. The van der Waals surface area contributed by atoms with Crippen LogP contribution < -0.4 is 0 Å². The van der Waals surface area contributed by atoms with Crippen LogP contribution in [0.1, 0.15) is 31.9 Å². The fraction of sp³-hybridized carbons (Fsp3) is 0.364. The highest BCUT2D eigenvalue weighted by molar-refractivity contribution is 5.83. The molecule has 0 fully saturated rings. The number of carbonyl (C=O) groups excluding carboxylic acids is 2. The zero-order valence-electron chi connectivity index (χ0n) is 16.2. The van der Waals surface area contributed by atoms with Crippen molar-refractivity contribution < 1.29 is 19.1 Å². The van der Waals surface area contributed by atoms with Crippen molar-refractivity contribution in [1.29, 1.82) is 0 Å². The third-order valence-electron chi connectivity index (χ3n) is 4.58. The molecule has 0 bridgehead atoms. The number of methoxy groups -OCH3 is 1. The van der Waals surface area contributed by atoms with Crippen LogP contribution in [-0.2, 0) is 27.2 Å². The molecule has 1 heterocycles. The summed E-state index contributed by atoms with van der Waals surface area (Å²) in [7, 11) is 1.34. The summed E-state index contributed by atoms with van der Waals surface area (Å²) in [4.78, 5) is 26.6. The summed E-state index contributed by atoms with van der Waals surface area (Å²) in [6, 6.07) is 15.4. The van der Waals surface area contributed by atoms with Crippen molar-refractivity contribution in [2.24, 2.45) is 0 Å². The van der Waals surface area contributed by atoms with Crippen molar-refractivity contribution in [3.8, 4) is 11.1 Å². The van der Waals surface area contributed by atoms with Gasteiger partial charge in [0.15, 0.2) is 0 Å². The van der Waals surface area contributed by atoms with Crippen molar-refractivity contribution in [3.63, 3.8) is 0 Å². The molecule has 3 rings (SSSR count). The smallest absolute Gasteiger partial charge is 0.411 e. The molecule has 5 heteroatoms. The van der Waals surface area contributed by atoms with Gasteiger partial charge in [0, 0.05) is 6.42 Å². The highest BCUT2D eigenvalue weighted by atomic mass is 16.6. The van der Waals surface area contributed by atoms with E-state index in [9.17, 15) is 9.59 Å². The Hall–Kier alpha value is -2.82. The van der Waals surface area contributed by atoms with Crippen molar-refractivity contribution in [3.05, 3.63) is 59.7 Å². The minimum Gasteiger partial charge on any atom is -0.467 e. The lowest BCUT2D eigenvalue weighted by Crippen LogP contribution is -2.50. The number of esters is 1. The van der Waals surface area contributed by atoms with Crippen molar-refractivity contribution in [2.75, 3.05) is 7.11 Å². The van der Waals surface area contributed by atoms with Gasteiger partial charge in [-0.2, -0.15) is 0 Å². The summed E-state index contributed by atoms with van der Waals surface area (Å²) >= 11 is 0. The maximum absolute atomic E-state index is 12.8. The lowest BCUT2D eigenvalue weighted by Gasteiger charge is -2.37. The van der Waals surface area contributed by atoms with E-state index in [1.807, 2.05) is 69.3 Å². The van der Waals surface area contributed by atoms with E-state index in [1.54, 1.807) is 0 Å². The van der Waals surface area contributed by atoms with Gasteiger partial charge in [-0.25, -0.2) is 9.59 Å². The second kappa shape index (κ2) is 7.43. The van der Waals surface area contributed by atoms with Crippen LogP contribution >= 0.6 is 0 Å². The zero-order valence-corrected chi connectivity index (χ0v) is 16.2. The van der Waals surface area contributed by atoms with Crippen molar-refractivity contribution in [2.45, 2.75) is 45.4 Å². The number of nitrogens with zero attached hydrogens (tertiary/aromatic N) is 1. The summed E-state index contributed by atoms with van der Waals surface area (Å²) in [5, 5.41) is 0. The van der Waals surface area contributed by atoms with E-state index in [0.29, 0.717) is 13.0 Å². The van der Waals surface area contributed by atoms with Gasteiger partial charge in [0.05, 0.1) is 13.7 Å². The predicted octanol–water partition coefficient (Wildman–Crippen LogP) is 4.19. The Morgan fingerprint density at radius 2 is 1.74 bits per heavy atom. The van der Waals surface area contributed by atoms with Gasteiger partial charge in [0.25, 0.3) is 0 Å². The van der Waals surface area contributed by atoms with Crippen LogP contribution in [0.4, 0.5) is 4.79 Å². The Balaban J connectivity index is 2.02. The van der Waals surface area contributed by atoms with Gasteiger partial charge in [-0.3, -0.25) is 4.90 Å². The number of hydrogen-bond donors (Lipinski definition) is 0. The second-order valence-electron chi connectivity index (χ2n) is 7.66. The van der Waals surface area contributed by atoms with Crippen LogP contribution in [0.15, 0.2) is 48.5 Å². The Labute approximate surface area is 159 Å². The van der Waals surface area contributed by atoms with Gasteiger partial charge in [-0.05, 0) is 43.0 Å². The molecule has 0 N–H and O–H groups in total. The predicted molar refractivity (Wildman–Crippen MR) is 103 cm³/mol. The SMILES string of the molecule is COC(=O)C1Cc2cccc(-c3ccccc3)c2CN1C(=O)OC(C)(C)C. The molecule has 1 unspecified atom stereocenters. The maximum Gasteiger partial charge on any atom is 0.411 e. The Bertz CT molecular complexity index is 839. The number of hydrogen-bond acceptors (Lipinski definition) is 4. The third-order valence-corrected chi connectivity index (χ3v) is 4.58. The number of rotatable bonds is 2. The van der Waals surface area contributed by atoms with Crippen LogP contribution in [0.25, 0.3) is 11.1 Å². The van der Waals surface area contributed by atoms with Gasteiger partial charge in [0.1, 0.15) is 11.6 Å². The first kappa shape index (κ1) is 19.0. The van der Waals surface area contributed by atoms with Gasteiger partial charge in [-0.1, -0.05) is 48.5 Å². The summed E-state index contributed by atoms with van der Waals surface area (Å²) in [6.45, 7) is 5.73. The molecule has 2 aromatic rings. The van der Waals surface area contributed by atoms with E-state index >= 15 is 0 Å². The molecule has 1 aliphatic rings. The third kappa shape index (κ3) is 4.13. The fourth-order valence-electron chi connectivity index (χ4n) is 3.36. The van der Waals surface area contributed by atoms with Crippen LogP contribution in [0.3, 0.4) is 0 Å².